The number of aliphatic hydroxyl groups is 2. The number of aromatic nitrogens is 2. The highest BCUT2D eigenvalue weighted by atomic mass is 32.1. The van der Waals surface area contributed by atoms with Crippen LogP contribution in [0.1, 0.15) is 23.0 Å². The first-order valence-corrected chi connectivity index (χ1v) is 8.73. The second-order valence-electron chi connectivity index (χ2n) is 6.31. The van der Waals surface area contributed by atoms with Gasteiger partial charge in [-0.25, -0.2) is 4.98 Å². The van der Waals surface area contributed by atoms with Crippen LogP contribution in [0.2, 0.25) is 0 Å². The molecule has 0 aliphatic heterocycles. The number of aliphatic hydroxyl groups excluding tert-OH is 2. The molecule has 0 saturated heterocycles. The summed E-state index contributed by atoms with van der Waals surface area (Å²) >= 11 is 1.15. The fourth-order valence-corrected chi connectivity index (χ4v) is 3.26. The van der Waals surface area contributed by atoms with E-state index in [-0.39, 0.29) is 11.3 Å². The molecule has 27 heavy (non-hydrogen) atoms. The lowest BCUT2D eigenvalue weighted by Crippen LogP contribution is -2.51. The van der Waals surface area contributed by atoms with Crippen LogP contribution in [0, 0.1) is 0 Å². The summed E-state index contributed by atoms with van der Waals surface area (Å²) in [5.74, 6) is -0.542. The molecule has 3 N–H and O–H groups in total. The van der Waals surface area contributed by atoms with E-state index < -0.39 is 36.4 Å². The minimum Gasteiger partial charge on any atom is -0.394 e. The van der Waals surface area contributed by atoms with Crippen molar-refractivity contribution in [1.29, 1.82) is 0 Å². The van der Waals surface area contributed by atoms with Gasteiger partial charge in [-0.15, -0.1) is 11.3 Å². The highest BCUT2D eigenvalue weighted by molar-refractivity contribution is 7.15. The van der Waals surface area contributed by atoms with Crippen LogP contribution in [-0.4, -0.2) is 44.3 Å². The lowest BCUT2D eigenvalue weighted by atomic mass is 10.1. The van der Waals surface area contributed by atoms with Gasteiger partial charge in [0.1, 0.15) is 5.69 Å². The van der Waals surface area contributed by atoms with Gasteiger partial charge in [0.25, 0.3) is 5.91 Å². The third-order valence-electron chi connectivity index (χ3n) is 4.04. The number of benzene rings is 1. The number of alkyl halides is 3. The van der Waals surface area contributed by atoms with Crippen molar-refractivity contribution < 1.29 is 28.2 Å². The predicted octanol–water partition coefficient (Wildman–Crippen LogP) is 2.55. The van der Waals surface area contributed by atoms with Crippen molar-refractivity contribution in [2.45, 2.75) is 18.6 Å². The normalized spacial score (nSPS) is 12.5. The van der Waals surface area contributed by atoms with E-state index in [2.05, 4.69) is 10.3 Å². The van der Waals surface area contributed by atoms with Crippen LogP contribution in [0.15, 0.2) is 35.8 Å². The lowest BCUT2D eigenvalue weighted by Gasteiger charge is -2.25. The molecule has 0 unspecified atom stereocenters. The van der Waals surface area contributed by atoms with Gasteiger partial charge in [-0.1, -0.05) is 12.1 Å². The molecule has 6 nitrogen and oxygen atoms in total. The molecule has 144 valence electrons. The van der Waals surface area contributed by atoms with Crippen LogP contribution in [0.4, 0.5) is 13.2 Å². The second kappa shape index (κ2) is 6.95. The minimum absolute atomic E-state index is 0.203. The number of amides is 1. The third kappa shape index (κ3) is 3.82. The summed E-state index contributed by atoms with van der Waals surface area (Å²) in [6, 6.07) is 4.79. The average molecular weight is 399 g/mol. The molecule has 0 fully saturated rings. The monoisotopic (exact) mass is 399 g/mol. The SMILES string of the molecule is CC(CO)(CO)NC(=O)c1csc2nc(-c3cccc(C(F)(F)F)c3)cn12. The van der Waals surface area contributed by atoms with E-state index in [0.717, 1.165) is 23.5 Å². The first-order chi connectivity index (χ1) is 12.7. The predicted molar refractivity (Wildman–Crippen MR) is 93.5 cm³/mol. The Labute approximate surface area is 155 Å². The number of halogens is 3. The summed E-state index contributed by atoms with van der Waals surface area (Å²) in [6.45, 7) is 0.570. The molecular weight excluding hydrogens is 383 g/mol. The Balaban J connectivity index is 1.95. The van der Waals surface area contributed by atoms with Gasteiger partial charge in [0.05, 0.1) is 30.0 Å². The number of carbonyl (C=O) groups excluding carboxylic acids is 1. The smallest absolute Gasteiger partial charge is 0.394 e. The van der Waals surface area contributed by atoms with Crippen molar-refractivity contribution in [3.05, 3.63) is 47.1 Å². The van der Waals surface area contributed by atoms with Crippen molar-refractivity contribution in [1.82, 2.24) is 14.7 Å². The molecule has 1 aromatic carbocycles. The standard InChI is InChI=1S/C17H16F3N3O3S/c1-16(8-24,9-25)22-14(26)13-7-27-15-21-12(6-23(13)15)10-3-2-4-11(5-10)17(18,19)20/h2-7,24-25H,8-9H2,1H3,(H,22,26). The van der Waals surface area contributed by atoms with E-state index in [9.17, 15) is 28.2 Å². The fraction of sp³-hybridized carbons (Fsp3) is 0.294. The molecule has 0 atom stereocenters. The third-order valence-corrected chi connectivity index (χ3v) is 4.88. The zero-order chi connectivity index (χ0) is 19.8. The molecule has 3 aromatic rings. The van der Waals surface area contributed by atoms with E-state index in [1.165, 1.54) is 29.7 Å². The van der Waals surface area contributed by atoms with Crippen LogP contribution in [-0.2, 0) is 6.18 Å². The number of nitrogens with zero attached hydrogens (tertiary/aromatic N) is 2. The molecule has 3 rings (SSSR count). The quantitative estimate of drug-likeness (QED) is 0.616. The average Bonchev–Trinajstić information content (AvgIpc) is 3.21. The number of nitrogens with one attached hydrogen (secondary N) is 1. The van der Waals surface area contributed by atoms with Gasteiger partial charge in [-0.05, 0) is 19.1 Å². The summed E-state index contributed by atoms with van der Waals surface area (Å²) in [4.78, 5) is 17.2. The lowest BCUT2D eigenvalue weighted by molar-refractivity contribution is -0.137. The number of thiazole rings is 1. The van der Waals surface area contributed by atoms with Crippen LogP contribution < -0.4 is 5.32 Å². The molecule has 2 heterocycles. The summed E-state index contributed by atoms with van der Waals surface area (Å²) in [7, 11) is 0. The van der Waals surface area contributed by atoms with Gasteiger partial charge in [0.15, 0.2) is 4.96 Å². The number of hydrogen-bond acceptors (Lipinski definition) is 5. The van der Waals surface area contributed by atoms with Gasteiger partial charge in [-0.2, -0.15) is 13.2 Å². The van der Waals surface area contributed by atoms with E-state index in [1.54, 1.807) is 5.38 Å². The number of imidazole rings is 1. The Morgan fingerprint density at radius 2 is 2.00 bits per heavy atom. The van der Waals surface area contributed by atoms with Crippen LogP contribution in [0.5, 0.6) is 0 Å². The molecule has 0 spiro atoms. The Hall–Kier alpha value is -2.43. The molecular formula is C17H16F3N3O3S. The first-order valence-electron chi connectivity index (χ1n) is 7.85. The van der Waals surface area contributed by atoms with E-state index in [4.69, 9.17) is 0 Å². The molecule has 1 amide bonds. The molecule has 0 aliphatic carbocycles. The van der Waals surface area contributed by atoms with E-state index >= 15 is 0 Å². The summed E-state index contributed by atoms with van der Waals surface area (Å²) in [6.07, 6.45) is -2.98. The Kier molecular flexibility index (Phi) is 4.98. The van der Waals surface area contributed by atoms with Crippen molar-refractivity contribution in [3.63, 3.8) is 0 Å². The van der Waals surface area contributed by atoms with Crippen molar-refractivity contribution >= 4 is 22.2 Å². The topological polar surface area (TPSA) is 86.9 Å². The highest BCUT2D eigenvalue weighted by Gasteiger charge is 2.31. The van der Waals surface area contributed by atoms with Crippen LogP contribution >= 0.6 is 11.3 Å². The van der Waals surface area contributed by atoms with Crippen LogP contribution in [0.3, 0.4) is 0 Å². The Morgan fingerprint density at radius 1 is 1.30 bits per heavy atom. The molecule has 0 radical (unpaired) electrons. The minimum atomic E-state index is -4.46. The summed E-state index contributed by atoms with van der Waals surface area (Å²) in [5.41, 5.74) is -1.20. The fourth-order valence-electron chi connectivity index (χ4n) is 2.41. The Bertz CT molecular complexity index is 977. The van der Waals surface area contributed by atoms with E-state index in [1.807, 2.05) is 0 Å². The number of hydrogen-bond donors (Lipinski definition) is 3. The van der Waals surface area contributed by atoms with Crippen molar-refractivity contribution in [2.75, 3.05) is 13.2 Å². The largest absolute Gasteiger partial charge is 0.416 e. The van der Waals surface area contributed by atoms with Crippen LogP contribution in [0.25, 0.3) is 16.2 Å². The van der Waals surface area contributed by atoms with Gasteiger partial charge < -0.3 is 15.5 Å². The first kappa shape index (κ1) is 19.3. The zero-order valence-electron chi connectivity index (χ0n) is 14.1. The highest BCUT2D eigenvalue weighted by Crippen LogP contribution is 2.32. The van der Waals surface area contributed by atoms with Gasteiger partial charge in [0.2, 0.25) is 0 Å². The van der Waals surface area contributed by atoms with Gasteiger partial charge in [-0.3, -0.25) is 9.20 Å². The molecule has 2 aromatic heterocycles. The maximum absolute atomic E-state index is 12.9. The summed E-state index contributed by atoms with van der Waals surface area (Å²) in [5, 5.41) is 22.7. The zero-order valence-corrected chi connectivity index (χ0v) is 14.9. The Morgan fingerprint density at radius 3 is 2.63 bits per heavy atom. The number of rotatable bonds is 5. The molecule has 0 bridgehead atoms. The second-order valence-corrected chi connectivity index (χ2v) is 7.15. The summed E-state index contributed by atoms with van der Waals surface area (Å²) < 4.78 is 40.2. The molecule has 0 saturated carbocycles. The molecule has 10 heteroatoms. The van der Waals surface area contributed by atoms with Gasteiger partial charge in [0, 0.05) is 17.1 Å². The van der Waals surface area contributed by atoms with Crippen molar-refractivity contribution in [2.24, 2.45) is 0 Å². The van der Waals surface area contributed by atoms with Gasteiger partial charge >= 0.3 is 6.18 Å². The maximum atomic E-state index is 12.9. The van der Waals surface area contributed by atoms with E-state index in [0.29, 0.717) is 10.7 Å². The maximum Gasteiger partial charge on any atom is 0.416 e. The number of carbonyl (C=O) groups is 1. The number of fused-ring (bicyclic) bond motifs is 1. The van der Waals surface area contributed by atoms with Crippen molar-refractivity contribution in [3.8, 4) is 11.3 Å². The molecule has 0 aliphatic rings.